The molecule has 4 rings (SSSR count). The van der Waals surface area contributed by atoms with Crippen molar-refractivity contribution in [2.45, 2.75) is 52.2 Å². The number of carbonyl (C=O) groups excluding carboxylic acids is 2. The number of carbonyl (C=O) groups is 2. The van der Waals surface area contributed by atoms with Gasteiger partial charge in [0.1, 0.15) is 23.2 Å². The lowest BCUT2D eigenvalue weighted by Crippen LogP contribution is -2.54. The number of fused-ring (bicyclic) bond motifs is 1. The average Bonchev–Trinajstić information content (AvgIpc) is 3.51. The van der Waals surface area contributed by atoms with E-state index in [1.165, 1.54) is 28.9 Å². The first-order valence-electron chi connectivity index (χ1n) is 11.0. The molecule has 7 nitrogen and oxygen atoms in total. The van der Waals surface area contributed by atoms with E-state index in [-0.39, 0.29) is 46.2 Å². The third-order valence-electron chi connectivity index (χ3n) is 5.77. The van der Waals surface area contributed by atoms with Crippen LogP contribution in [0.25, 0.3) is 10.9 Å². The Morgan fingerprint density at radius 3 is 2.56 bits per heavy atom. The van der Waals surface area contributed by atoms with Crippen LogP contribution in [0, 0.1) is 28.4 Å². The molecule has 1 heterocycles. The molecule has 34 heavy (non-hydrogen) atoms. The van der Waals surface area contributed by atoms with Gasteiger partial charge in [-0.1, -0.05) is 39.0 Å². The molecule has 3 aromatic rings. The summed E-state index contributed by atoms with van der Waals surface area (Å²) in [6, 6.07) is 9.40. The van der Waals surface area contributed by atoms with Gasteiger partial charge in [-0.2, -0.15) is 10.4 Å². The number of aromatic nitrogens is 2. The summed E-state index contributed by atoms with van der Waals surface area (Å²) in [7, 11) is 0. The highest BCUT2D eigenvalue weighted by molar-refractivity contribution is 6.06. The van der Waals surface area contributed by atoms with E-state index >= 15 is 0 Å². The highest BCUT2D eigenvalue weighted by Crippen LogP contribution is 2.26. The molecule has 176 valence electrons. The highest BCUT2D eigenvalue weighted by atomic mass is 19.1. The van der Waals surface area contributed by atoms with Gasteiger partial charge >= 0.3 is 0 Å². The smallest absolute Gasteiger partial charge is 0.273 e. The van der Waals surface area contributed by atoms with Crippen molar-refractivity contribution in [1.29, 1.82) is 5.26 Å². The maximum Gasteiger partial charge on any atom is 0.273 e. The molecule has 9 heteroatoms. The molecule has 0 spiro atoms. The van der Waals surface area contributed by atoms with Crippen molar-refractivity contribution in [3.63, 3.8) is 0 Å². The molecule has 0 saturated heterocycles. The van der Waals surface area contributed by atoms with Gasteiger partial charge < -0.3 is 10.6 Å². The Labute approximate surface area is 195 Å². The van der Waals surface area contributed by atoms with Crippen molar-refractivity contribution in [3.05, 3.63) is 64.9 Å². The third kappa shape index (κ3) is 4.76. The number of para-hydroxylation sites is 1. The summed E-state index contributed by atoms with van der Waals surface area (Å²) in [4.78, 5) is 26.0. The van der Waals surface area contributed by atoms with Crippen molar-refractivity contribution in [1.82, 2.24) is 20.4 Å². The molecule has 2 N–H and O–H groups in total. The Kier molecular flexibility index (Phi) is 6.09. The van der Waals surface area contributed by atoms with Crippen LogP contribution in [0.2, 0.25) is 0 Å². The minimum absolute atomic E-state index is 0.0474. The number of nitriles is 1. The zero-order chi connectivity index (χ0) is 24.6. The number of hydrogen-bond donors (Lipinski definition) is 2. The molecule has 0 bridgehead atoms. The van der Waals surface area contributed by atoms with E-state index in [1.807, 2.05) is 26.8 Å². The minimum atomic E-state index is -0.828. The number of nitrogens with one attached hydrogen (secondary N) is 2. The first-order chi connectivity index (χ1) is 16.1. The first kappa shape index (κ1) is 23.4. The van der Waals surface area contributed by atoms with Crippen molar-refractivity contribution >= 4 is 22.7 Å². The van der Waals surface area contributed by atoms with Gasteiger partial charge in [-0.15, -0.1) is 0 Å². The maximum atomic E-state index is 14.8. The molecule has 0 aliphatic heterocycles. The van der Waals surface area contributed by atoms with Crippen LogP contribution in [0.5, 0.6) is 0 Å². The fourth-order valence-electron chi connectivity index (χ4n) is 3.77. The lowest BCUT2D eigenvalue weighted by Gasteiger charge is -2.30. The van der Waals surface area contributed by atoms with E-state index in [1.54, 1.807) is 6.07 Å². The van der Waals surface area contributed by atoms with E-state index < -0.39 is 29.0 Å². The fraction of sp³-hybridized carbons (Fsp3) is 0.360. The number of hydrogen-bond acceptors (Lipinski definition) is 4. The normalized spacial score (nSPS) is 14.5. The third-order valence-corrected chi connectivity index (χ3v) is 5.77. The SMILES string of the molecule is CC(C)(C)[C@H](NC(=O)c1nn(Cc2ccc(C#N)cc2F)c2c(F)cccc12)C(=O)NC1CC1. The van der Waals surface area contributed by atoms with Gasteiger partial charge in [-0.05, 0) is 36.5 Å². The Morgan fingerprint density at radius 2 is 1.94 bits per heavy atom. The average molecular weight is 466 g/mol. The van der Waals surface area contributed by atoms with Gasteiger partial charge in [0.2, 0.25) is 5.91 Å². The van der Waals surface area contributed by atoms with Crippen LogP contribution >= 0.6 is 0 Å². The molecule has 0 radical (unpaired) electrons. The van der Waals surface area contributed by atoms with Gasteiger partial charge in [-0.3, -0.25) is 14.3 Å². The predicted molar refractivity (Wildman–Crippen MR) is 122 cm³/mol. The van der Waals surface area contributed by atoms with E-state index in [9.17, 15) is 18.4 Å². The summed E-state index contributed by atoms with van der Waals surface area (Å²) >= 11 is 0. The van der Waals surface area contributed by atoms with Crippen molar-refractivity contribution in [2.75, 3.05) is 0 Å². The van der Waals surface area contributed by atoms with Crippen LogP contribution in [0.1, 0.15) is 55.2 Å². The van der Waals surface area contributed by atoms with Crippen molar-refractivity contribution in [2.24, 2.45) is 5.41 Å². The number of amides is 2. The van der Waals surface area contributed by atoms with Gasteiger partial charge in [0, 0.05) is 17.0 Å². The first-order valence-corrected chi connectivity index (χ1v) is 11.0. The van der Waals surface area contributed by atoms with Crippen LogP contribution in [0.4, 0.5) is 8.78 Å². The number of benzene rings is 2. The van der Waals surface area contributed by atoms with E-state index in [0.717, 1.165) is 18.9 Å². The van der Waals surface area contributed by atoms with Crippen molar-refractivity contribution < 1.29 is 18.4 Å². The number of nitrogens with zero attached hydrogens (tertiary/aromatic N) is 3. The van der Waals surface area contributed by atoms with Gasteiger partial charge in [0.25, 0.3) is 5.91 Å². The molecule has 1 aromatic heterocycles. The zero-order valence-corrected chi connectivity index (χ0v) is 19.2. The van der Waals surface area contributed by atoms with Crippen LogP contribution in [-0.4, -0.2) is 33.7 Å². The molecule has 1 aliphatic rings. The molecule has 1 saturated carbocycles. The Bertz CT molecular complexity index is 1320. The van der Waals surface area contributed by atoms with Crippen LogP contribution in [0.3, 0.4) is 0 Å². The van der Waals surface area contributed by atoms with E-state index in [4.69, 9.17) is 5.26 Å². The molecule has 1 fully saturated rings. The molecule has 2 aromatic carbocycles. The summed E-state index contributed by atoms with van der Waals surface area (Å²) in [5.41, 5.74) is -0.238. The van der Waals surface area contributed by atoms with E-state index in [0.29, 0.717) is 0 Å². The van der Waals surface area contributed by atoms with Crippen LogP contribution in [0.15, 0.2) is 36.4 Å². The zero-order valence-electron chi connectivity index (χ0n) is 19.2. The standard InChI is InChI=1S/C25H25F2N5O2/c1-25(2,3)22(24(34)29-16-9-10-16)30-23(33)20-17-5-4-6-18(26)21(17)32(31-20)13-15-8-7-14(12-28)11-19(15)27/h4-8,11,16,22H,9-10,13H2,1-3H3,(H,29,34)(H,30,33)/t22-/m1/s1. The van der Waals surface area contributed by atoms with Gasteiger partial charge in [-0.25, -0.2) is 8.78 Å². The molecule has 0 unspecified atom stereocenters. The predicted octanol–water partition coefficient (Wildman–Crippen LogP) is 3.66. The molecule has 1 atom stereocenters. The second kappa shape index (κ2) is 8.86. The summed E-state index contributed by atoms with van der Waals surface area (Å²) in [6.07, 6.45) is 1.83. The van der Waals surface area contributed by atoms with Gasteiger partial charge in [0.15, 0.2) is 5.69 Å². The van der Waals surface area contributed by atoms with Crippen molar-refractivity contribution in [3.8, 4) is 6.07 Å². The Balaban J connectivity index is 1.69. The van der Waals surface area contributed by atoms with Crippen LogP contribution in [-0.2, 0) is 11.3 Å². The topological polar surface area (TPSA) is 99.8 Å². The summed E-state index contributed by atoms with van der Waals surface area (Å²) in [5, 5.41) is 19.2. The lowest BCUT2D eigenvalue weighted by molar-refractivity contribution is -0.125. The second-order valence-electron chi connectivity index (χ2n) is 9.62. The number of halogens is 2. The summed E-state index contributed by atoms with van der Waals surface area (Å²) < 4.78 is 30.5. The monoisotopic (exact) mass is 465 g/mol. The quantitative estimate of drug-likeness (QED) is 0.580. The van der Waals surface area contributed by atoms with Gasteiger partial charge in [0.05, 0.1) is 18.2 Å². The largest absolute Gasteiger partial charge is 0.352 e. The number of rotatable bonds is 6. The molecule has 1 aliphatic carbocycles. The Morgan fingerprint density at radius 1 is 1.21 bits per heavy atom. The lowest BCUT2D eigenvalue weighted by atomic mass is 9.86. The maximum absolute atomic E-state index is 14.8. The van der Waals surface area contributed by atoms with E-state index in [2.05, 4.69) is 15.7 Å². The summed E-state index contributed by atoms with van der Waals surface area (Å²) in [6.45, 7) is 5.38. The second-order valence-corrected chi connectivity index (χ2v) is 9.62. The molecular formula is C25H25F2N5O2. The fourth-order valence-corrected chi connectivity index (χ4v) is 3.77. The molecular weight excluding hydrogens is 440 g/mol. The highest BCUT2D eigenvalue weighted by Gasteiger charge is 2.36. The summed E-state index contributed by atoms with van der Waals surface area (Å²) in [5.74, 6) is -2.15. The Hall–Kier alpha value is -3.80. The molecule has 2 amide bonds. The van der Waals surface area contributed by atoms with Crippen LogP contribution < -0.4 is 10.6 Å². The minimum Gasteiger partial charge on any atom is -0.352 e.